The Hall–Kier alpha value is -2.87. The number of anilines is 1. The van der Waals surface area contributed by atoms with Gasteiger partial charge in [-0.15, -0.1) is 0 Å². The molecule has 8 nitrogen and oxygen atoms in total. The van der Waals surface area contributed by atoms with Gasteiger partial charge in [-0.05, 0) is 12.1 Å². The monoisotopic (exact) mass is 369 g/mol. The number of piperazine rings is 1. The molecule has 0 spiro atoms. The van der Waals surface area contributed by atoms with E-state index in [9.17, 15) is 4.79 Å². The van der Waals surface area contributed by atoms with E-state index < -0.39 is 0 Å². The van der Waals surface area contributed by atoms with E-state index in [2.05, 4.69) is 25.1 Å². The summed E-state index contributed by atoms with van der Waals surface area (Å²) in [6, 6.07) is 7.57. The van der Waals surface area contributed by atoms with Gasteiger partial charge in [0.15, 0.2) is 11.5 Å². The second-order valence-electron chi connectivity index (χ2n) is 6.63. The molecule has 2 aliphatic heterocycles. The van der Waals surface area contributed by atoms with Crippen LogP contribution in [0.1, 0.15) is 0 Å². The smallest absolute Gasteiger partial charge is 0.234 e. The van der Waals surface area contributed by atoms with E-state index >= 15 is 0 Å². The molecule has 1 aromatic carbocycles. The van der Waals surface area contributed by atoms with Crippen molar-refractivity contribution in [3.63, 3.8) is 0 Å². The zero-order valence-corrected chi connectivity index (χ0v) is 15.1. The number of benzene rings is 1. The van der Waals surface area contributed by atoms with Crippen LogP contribution in [0.4, 0.5) is 5.82 Å². The van der Waals surface area contributed by atoms with Crippen molar-refractivity contribution in [3.05, 3.63) is 42.9 Å². The van der Waals surface area contributed by atoms with Crippen molar-refractivity contribution in [2.75, 3.05) is 50.8 Å². The van der Waals surface area contributed by atoms with E-state index in [0.29, 0.717) is 19.7 Å². The van der Waals surface area contributed by atoms with Crippen LogP contribution in [0.15, 0.2) is 42.9 Å². The summed E-state index contributed by atoms with van der Waals surface area (Å²) in [4.78, 5) is 25.0. The summed E-state index contributed by atoms with van der Waals surface area (Å²) in [5, 5.41) is 2.95. The number of carbonyl (C=O) groups excluding carboxylic acids is 1. The molecule has 3 heterocycles. The van der Waals surface area contributed by atoms with Crippen molar-refractivity contribution in [2.24, 2.45) is 0 Å². The van der Waals surface area contributed by atoms with Crippen LogP contribution in [0.25, 0.3) is 0 Å². The summed E-state index contributed by atoms with van der Waals surface area (Å²) < 4.78 is 11.5. The van der Waals surface area contributed by atoms with E-state index in [-0.39, 0.29) is 12.0 Å². The van der Waals surface area contributed by atoms with Gasteiger partial charge in [0.05, 0.1) is 19.3 Å². The lowest BCUT2D eigenvalue weighted by molar-refractivity contribution is -0.122. The molecule has 4 rings (SSSR count). The highest BCUT2D eigenvalue weighted by Gasteiger charge is 2.23. The third kappa shape index (κ3) is 4.46. The molecule has 0 aliphatic carbocycles. The quantitative estimate of drug-likeness (QED) is 0.825. The minimum absolute atomic E-state index is 0.00501. The second kappa shape index (κ2) is 8.22. The average molecular weight is 369 g/mol. The van der Waals surface area contributed by atoms with Gasteiger partial charge in [0.1, 0.15) is 18.5 Å². The highest BCUT2D eigenvalue weighted by atomic mass is 16.6. The lowest BCUT2D eigenvalue weighted by Crippen LogP contribution is -2.50. The molecular weight excluding hydrogens is 346 g/mol. The number of hydrogen-bond donors (Lipinski definition) is 1. The molecule has 1 fully saturated rings. The molecule has 0 saturated carbocycles. The number of carbonyl (C=O) groups is 1. The van der Waals surface area contributed by atoms with Crippen LogP contribution < -0.4 is 19.7 Å². The maximum absolute atomic E-state index is 12.3. The van der Waals surface area contributed by atoms with E-state index in [1.54, 1.807) is 18.6 Å². The fraction of sp³-hybridized carbons (Fsp3) is 0.421. The number of fused-ring (bicyclic) bond motifs is 1. The first-order valence-corrected chi connectivity index (χ1v) is 9.16. The highest BCUT2D eigenvalue weighted by Crippen LogP contribution is 2.30. The third-order valence-electron chi connectivity index (χ3n) is 4.71. The predicted octanol–water partition coefficient (Wildman–Crippen LogP) is 0.555. The molecule has 0 bridgehead atoms. The summed E-state index contributed by atoms with van der Waals surface area (Å²) in [6.45, 7) is 4.57. The first-order chi connectivity index (χ1) is 13.3. The van der Waals surface area contributed by atoms with Crippen molar-refractivity contribution >= 4 is 11.7 Å². The van der Waals surface area contributed by atoms with Gasteiger partial charge in [-0.25, -0.2) is 4.98 Å². The largest absolute Gasteiger partial charge is 0.486 e. The lowest BCUT2D eigenvalue weighted by Gasteiger charge is -2.34. The van der Waals surface area contributed by atoms with Gasteiger partial charge in [0, 0.05) is 38.6 Å². The Bertz CT molecular complexity index is 765. The molecule has 2 aliphatic rings. The average Bonchev–Trinajstić information content (AvgIpc) is 2.73. The van der Waals surface area contributed by atoms with Gasteiger partial charge < -0.3 is 19.7 Å². The van der Waals surface area contributed by atoms with Gasteiger partial charge in [-0.3, -0.25) is 14.7 Å². The van der Waals surface area contributed by atoms with E-state index in [0.717, 1.165) is 43.5 Å². The normalized spacial score (nSPS) is 19.6. The van der Waals surface area contributed by atoms with Crippen LogP contribution in [0.3, 0.4) is 0 Å². The summed E-state index contributed by atoms with van der Waals surface area (Å²) in [5.74, 6) is 2.37. The van der Waals surface area contributed by atoms with Crippen molar-refractivity contribution < 1.29 is 14.3 Å². The molecular formula is C19H23N5O3. The minimum Gasteiger partial charge on any atom is -0.486 e. The van der Waals surface area contributed by atoms with Crippen molar-refractivity contribution in [3.8, 4) is 11.5 Å². The zero-order valence-electron chi connectivity index (χ0n) is 15.1. The number of amides is 1. The molecule has 1 N–H and O–H groups in total. The van der Waals surface area contributed by atoms with E-state index in [4.69, 9.17) is 9.47 Å². The Kier molecular flexibility index (Phi) is 5.34. The number of aromatic nitrogens is 2. The zero-order chi connectivity index (χ0) is 18.5. The summed E-state index contributed by atoms with van der Waals surface area (Å²) in [6.07, 6.45) is 4.97. The molecule has 1 aromatic heterocycles. The Morgan fingerprint density at radius 3 is 2.74 bits per heavy atom. The van der Waals surface area contributed by atoms with Gasteiger partial charge in [0.2, 0.25) is 5.91 Å². The Morgan fingerprint density at radius 1 is 1.15 bits per heavy atom. The molecule has 8 heteroatoms. The fourth-order valence-electron chi connectivity index (χ4n) is 3.24. The van der Waals surface area contributed by atoms with Gasteiger partial charge in [-0.2, -0.15) is 0 Å². The number of hydrogen-bond acceptors (Lipinski definition) is 7. The molecule has 27 heavy (non-hydrogen) atoms. The van der Waals surface area contributed by atoms with E-state index in [1.807, 2.05) is 24.3 Å². The molecule has 1 atom stereocenters. The fourth-order valence-corrected chi connectivity index (χ4v) is 3.24. The predicted molar refractivity (Wildman–Crippen MR) is 100 cm³/mol. The maximum Gasteiger partial charge on any atom is 0.234 e. The summed E-state index contributed by atoms with van der Waals surface area (Å²) >= 11 is 0. The standard InChI is InChI=1S/C19H23N5O3/c25-19(22-11-15-14-26-16-3-1-2-4-17(16)27-15)13-23-7-9-24(10-8-23)18-12-20-5-6-21-18/h1-6,12,15H,7-11,13-14H2,(H,22,25). The summed E-state index contributed by atoms with van der Waals surface area (Å²) in [5.41, 5.74) is 0. The summed E-state index contributed by atoms with van der Waals surface area (Å²) in [7, 11) is 0. The van der Waals surface area contributed by atoms with Crippen LogP contribution in [-0.4, -0.2) is 72.8 Å². The number of para-hydroxylation sites is 2. The number of rotatable bonds is 5. The Labute approximate surface area is 158 Å². The van der Waals surface area contributed by atoms with Gasteiger partial charge >= 0.3 is 0 Å². The molecule has 1 unspecified atom stereocenters. The van der Waals surface area contributed by atoms with Crippen LogP contribution >= 0.6 is 0 Å². The van der Waals surface area contributed by atoms with Gasteiger partial charge in [-0.1, -0.05) is 12.1 Å². The maximum atomic E-state index is 12.3. The molecule has 142 valence electrons. The minimum atomic E-state index is -0.169. The van der Waals surface area contributed by atoms with Crippen LogP contribution in [0.2, 0.25) is 0 Å². The second-order valence-corrected chi connectivity index (χ2v) is 6.63. The molecule has 1 amide bonds. The highest BCUT2D eigenvalue weighted by molar-refractivity contribution is 5.78. The lowest BCUT2D eigenvalue weighted by atomic mass is 10.2. The van der Waals surface area contributed by atoms with Crippen molar-refractivity contribution in [2.45, 2.75) is 6.10 Å². The molecule has 2 aromatic rings. The third-order valence-corrected chi connectivity index (χ3v) is 4.71. The molecule has 1 saturated heterocycles. The topological polar surface area (TPSA) is 79.8 Å². The number of nitrogens with zero attached hydrogens (tertiary/aromatic N) is 4. The number of nitrogens with one attached hydrogen (secondary N) is 1. The van der Waals surface area contributed by atoms with Crippen LogP contribution in [0, 0.1) is 0 Å². The van der Waals surface area contributed by atoms with Gasteiger partial charge in [0.25, 0.3) is 0 Å². The molecule has 0 radical (unpaired) electrons. The van der Waals surface area contributed by atoms with Crippen molar-refractivity contribution in [1.82, 2.24) is 20.2 Å². The van der Waals surface area contributed by atoms with Crippen molar-refractivity contribution in [1.29, 1.82) is 0 Å². The SMILES string of the molecule is O=C(CN1CCN(c2cnccn2)CC1)NCC1COc2ccccc2O1. The number of ether oxygens (including phenoxy) is 2. The Balaban J connectivity index is 1.19. The Morgan fingerprint density at radius 2 is 1.96 bits per heavy atom. The first kappa shape index (κ1) is 17.5. The first-order valence-electron chi connectivity index (χ1n) is 9.16. The van der Waals surface area contributed by atoms with E-state index in [1.165, 1.54) is 0 Å². The van der Waals surface area contributed by atoms with Crippen LogP contribution in [-0.2, 0) is 4.79 Å². The van der Waals surface area contributed by atoms with Crippen LogP contribution in [0.5, 0.6) is 11.5 Å².